The standard InChI is InChI=1S/C15H17NO2/c1-10-4-5-11(8-13(10)16)12-6-7-14(17-2)15(9-12)18-3/h4-9H,16H2,1-3H3. The van der Waals surface area contributed by atoms with Gasteiger partial charge in [0.1, 0.15) is 0 Å². The summed E-state index contributed by atoms with van der Waals surface area (Å²) in [5.74, 6) is 1.44. The summed E-state index contributed by atoms with van der Waals surface area (Å²) in [5.41, 5.74) is 9.93. The highest BCUT2D eigenvalue weighted by molar-refractivity contribution is 5.71. The number of benzene rings is 2. The fourth-order valence-corrected chi connectivity index (χ4v) is 1.84. The lowest BCUT2D eigenvalue weighted by Gasteiger charge is -2.10. The highest BCUT2D eigenvalue weighted by Gasteiger charge is 2.06. The Balaban J connectivity index is 2.47. The third-order valence-corrected chi connectivity index (χ3v) is 3.00. The quantitative estimate of drug-likeness (QED) is 0.841. The van der Waals surface area contributed by atoms with E-state index >= 15 is 0 Å². The fraction of sp³-hybridized carbons (Fsp3) is 0.200. The Morgan fingerprint density at radius 2 is 1.44 bits per heavy atom. The van der Waals surface area contributed by atoms with Crippen molar-refractivity contribution in [1.29, 1.82) is 0 Å². The molecule has 0 radical (unpaired) electrons. The lowest BCUT2D eigenvalue weighted by atomic mass is 10.0. The normalized spacial score (nSPS) is 10.2. The second kappa shape index (κ2) is 5.00. The topological polar surface area (TPSA) is 44.5 Å². The van der Waals surface area contributed by atoms with Gasteiger partial charge in [0.15, 0.2) is 11.5 Å². The number of nitrogens with two attached hydrogens (primary N) is 1. The van der Waals surface area contributed by atoms with Crippen molar-refractivity contribution in [2.24, 2.45) is 0 Å². The molecule has 0 saturated carbocycles. The Hall–Kier alpha value is -2.16. The molecule has 3 nitrogen and oxygen atoms in total. The number of ether oxygens (including phenoxy) is 2. The van der Waals surface area contributed by atoms with Crippen LogP contribution in [0.1, 0.15) is 5.56 Å². The number of rotatable bonds is 3. The maximum atomic E-state index is 5.93. The largest absolute Gasteiger partial charge is 0.493 e. The first-order valence-corrected chi connectivity index (χ1v) is 5.74. The monoisotopic (exact) mass is 243 g/mol. The molecule has 3 heteroatoms. The Bertz CT molecular complexity index is 564. The van der Waals surface area contributed by atoms with Crippen molar-refractivity contribution in [3.63, 3.8) is 0 Å². The van der Waals surface area contributed by atoms with E-state index < -0.39 is 0 Å². The molecule has 0 aliphatic carbocycles. The van der Waals surface area contributed by atoms with Gasteiger partial charge in [0.05, 0.1) is 14.2 Å². The van der Waals surface area contributed by atoms with Crippen molar-refractivity contribution in [3.8, 4) is 22.6 Å². The van der Waals surface area contributed by atoms with Gasteiger partial charge < -0.3 is 15.2 Å². The van der Waals surface area contributed by atoms with Crippen LogP contribution in [0, 0.1) is 6.92 Å². The summed E-state index contributed by atoms with van der Waals surface area (Å²) in [6.45, 7) is 1.99. The fourth-order valence-electron chi connectivity index (χ4n) is 1.84. The third kappa shape index (κ3) is 2.25. The molecular weight excluding hydrogens is 226 g/mol. The van der Waals surface area contributed by atoms with E-state index in [2.05, 4.69) is 0 Å². The van der Waals surface area contributed by atoms with Gasteiger partial charge in [0.25, 0.3) is 0 Å². The SMILES string of the molecule is COc1ccc(-c2ccc(C)c(N)c2)cc1OC. The van der Waals surface area contributed by atoms with Crippen molar-refractivity contribution in [3.05, 3.63) is 42.0 Å². The van der Waals surface area contributed by atoms with E-state index in [0.717, 1.165) is 28.1 Å². The molecule has 2 rings (SSSR count). The van der Waals surface area contributed by atoms with E-state index in [4.69, 9.17) is 15.2 Å². The molecule has 0 spiro atoms. The zero-order valence-corrected chi connectivity index (χ0v) is 10.9. The number of hydrogen-bond donors (Lipinski definition) is 1. The van der Waals surface area contributed by atoms with Gasteiger partial charge in [-0.3, -0.25) is 0 Å². The molecule has 0 aliphatic rings. The predicted octanol–water partition coefficient (Wildman–Crippen LogP) is 3.26. The van der Waals surface area contributed by atoms with E-state index in [1.165, 1.54) is 0 Å². The van der Waals surface area contributed by atoms with Gasteiger partial charge in [-0.05, 0) is 41.8 Å². The smallest absolute Gasteiger partial charge is 0.161 e. The van der Waals surface area contributed by atoms with Crippen LogP contribution >= 0.6 is 0 Å². The van der Waals surface area contributed by atoms with Crippen molar-refractivity contribution in [1.82, 2.24) is 0 Å². The molecule has 2 aromatic rings. The number of hydrogen-bond acceptors (Lipinski definition) is 3. The van der Waals surface area contributed by atoms with Crippen molar-refractivity contribution >= 4 is 5.69 Å². The van der Waals surface area contributed by atoms with Crippen LogP contribution < -0.4 is 15.2 Å². The van der Waals surface area contributed by atoms with Crippen LogP contribution in [-0.2, 0) is 0 Å². The molecular formula is C15H17NO2. The van der Waals surface area contributed by atoms with E-state index in [1.54, 1.807) is 14.2 Å². The van der Waals surface area contributed by atoms with Gasteiger partial charge in [-0.2, -0.15) is 0 Å². The molecule has 0 bridgehead atoms. The van der Waals surface area contributed by atoms with Crippen LogP contribution in [0.3, 0.4) is 0 Å². The van der Waals surface area contributed by atoms with Crippen molar-refractivity contribution < 1.29 is 9.47 Å². The molecule has 0 aliphatic heterocycles. The average molecular weight is 243 g/mol. The Morgan fingerprint density at radius 1 is 0.833 bits per heavy atom. The summed E-state index contributed by atoms with van der Waals surface area (Å²) in [5, 5.41) is 0. The highest BCUT2D eigenvalue weighted by atomic mass is 16.5. The average Bonchev–Trinajstić information content (AvgIpc) is 2.41. The molecule has 0 heterocycles. The van der Waals surface area contributed by atoms with Crippen LogP contribution in [0.2, 0.25) is 0 Å². The van der Waals surface area contributed by atoms with Crippen molar-refractivity contribution in [2.45, 2.75) is 6.92 Å². The molecule has 0 fully saturated rings. The molecule has 0 amide bonds. The zero-order chi connectivity index (χ0) is 13.1. The second-order valence-electron chi connectivity index (χ2n) is 4.14. The summed E-state index contributed by atoms with van der Waals surface area (Å²) in [6.07, 6.45) is 0. The molecule has 0 atom stereocenters. The minimum absolute atomic E-state index is 0.717. The maximum absolute atomic E-state index is 5.93. The van der Waals surface area contributed by atoms with Gasteiger partial charge in [-0.1, -0.05) is 18.2 Å². The number of aryl methyl sites for hydroxylation is 1. The predicted molar refractivity (Wildman–Crippen MR) is 74.1 cm³/mol. The summed E-state index contributed by atoms with van der Waals surface area (Å²) >= 11 is 0. The van der Waals surface area contributed by atoms with Crippen LogP contribution in [-0.4, -0.2) is 14.2 Å². The summed E-state index contributed by atoms with van der Waals surface area (Å²) < 4.78 is 10.5. The van der Waals surface area contributed by atoms with Gasteiger partial charge in [0.2, 0.25) is 0 Å². The Kier molecular flexibility index (Phi) is 3.42. The van der Waals surface area contributed by atoms with Gasteiger partial charge in [-0.15, -0.1) is 0 Å². The number of anilines is 1. The van der Waals surface area contributed by atoms with E-state index in [0.29, 0.717) is 5.75 Å². The molecule has 94 valence electrons. The first-order valence-electron chi connectivity index (χ1n) is 5.74. The van der Waals surface area contributed by atoms with E-state index in [9.17, 15) is 0 Å². The minimum atomic E-state index is 0.717. The lowest BCUT2D eigenvalue weighted by Crippen LogP contribution is -1.92. The zero-order valence-electron chi connectivity index (χ0n) is 10.9. The summed E-state index contributed by atoms with van der Waals surface area (Å²) in [7, 11) is 3.26. The number of nitrogen functional groups attached to an aromatic ring is 1. The van der Waals surface area contributed by atoms with Crippen LogP contribution in [0.5, 0.6) is 11.5 Å². The lowest BCUT2D eigenvalue weighted by molar-refractivity contribution is 0.355. The minimum Gasteiger partial charge on any atom is -0.493 e. The summed E-state index contributed by atoms with van der Waals surface area (Å²) in [6, 6.07) is 11.9. The van der Waals surface area contributed by atoms with Crippen LogP contribution in [0.4, 0.5) is 5.69 Å². The first-order chi connectivity index (χ1) is 8.65. The molecule has 0 unspecified atom stereocenters. The summed E-state index contributed by atoms with van der Waals surface area (Å²) in [4.78, 5) is 0. The maximum Gasteiger partial charge on any atom is 0.161 e. The molecule has 18 heavy (non-hydrogen) atoms. The molecule has 2 aromatic carbocycles. The van der Waals surface area contributed by atoms with Crippen LogP contribution in [0.25, 0.3) is 11.1 Å². The van der Waals surface area contributed by atoms with Gasteiger partial charge in [0, 0.05) is 5.69 Å². The second-order valence-corrected chi connectivity index (χ2v) is 4.14. The molecule has 2 N–H and O–H groups in total. The number of methoxy groups -OCH3 is 2. The van der Waals surface area contributed by atoms with Crippen molar-refractivity contribution in [2.75, 3.05) is 20.0 Å². The van der Waals surface area contributed by atoms with Gasteiger partial charge in [-0.25, -0.2) is 0 Å². The Morgan fingerprint density at radius 3 is 2.06 bits per heavy atom. The third-order valence-electron chi connectivity index (χ3n) is 3.00. The first kappa shape index (κ1) is 12.3. The molecule has 0 saturated heterocycles. The molecule has 0 aromatic heterocycles. The van der Waals surface area contributed by atoms with Crippen LogP contribution in [0.15, 0.2) is 36.4 Å². The Labute approximate surface area is 107 Å². The van der Waals surface area contributed by atoms with Gasteiger partial charge >= 0.3 is 0 Å². The van der Waals surface area contributed by atoms with E-state index in [1.807, 2.05) is 43.3 Å². The van der Waals surface area contributed by atoms with E-state index in [-0.39, 0.29) is 0 Å². The highest BCUT2D eigenvalue weighted by Crippen LogP contribution is 2.33.